The van der Waals surface area contributed by atoms with E-state index in [4.69, 9.17) is 9.78 Å². The third-order valence-corrected chi connectivity index (χ3v) is 3.32. The zero-order valence-corrected chi connectivity index (χ0v) is 12.3. The van der Waals surface area contributed by atoms with Gasteiger partial charge in [-0.3, -0.25) is 4.79 Å². The molecule has 2 rings (SSSR count). The van der Waals surface area contributed by atoms with Crippen molar-refractivity contribution in [3.8, 4) is 17.4 Å². The van der Waals surface area contributed by atoms with Gasteiger partial charge in [-0.05, 0) is 13.0 Å². The molecule has 0 aliphatic heterocycles. The first-order valence-corrected chi connectivity index (χ1v) is 6.55. The number of hydrogen-bond acceptors (Lipinski definition) is 4. The summed E-state index contributed by atoms with van der Waals surface area (Å²) in [4.78, 5) is 13.2. The van der Waals surface area contributed by atoms with Crippen molar-refractivity contribution in [1.29, 1.82) is 5.26 Å². The first-order chi connectivity index (χ1) is 10.8. The molecular weight excluding hydrogens is 311 g/mol. The van der Waals surface area contributed by atoms with Crippen LogP contribution in [0.25, 0.3) is 11.3 Å². The van der Waals surface area contributed by atoms with E-state index in [9.17, 15) is 18.0 Å². The van der Waals surface area contributed by atoms with Gasteiger partial charge in [-0.2, -0.15) is 18.4 Å². The first kappa shape index (κ1) is 16.5. The predicted octanol–water partition coefficient (Wildman–Crippen LogP) is 3.34. The SMILES string of the molecule is C[C@H](C#N)N(C)C(=O)c1cc(-c2ccccc2C(F)(F)F)on1. The van der Waals surface area contributed by atoms with Gasteiger partial charge >= 0.3 is 6.18 Å². The minimum atomic E-state index is -4.56. The zero-order chi connectivity index (χ0) is 17.2. The summed E-state index contributed by atoms with van der Waals surface area (Å²) in [6.07, 6.45) is -4.56. The van der Waals surface area contributed by atoms with Crippen LogP contribution in [0.15, 0.2) is 34.9 Å². The topological polar surface area (TPSA) is 70.1 Å². The third kappa shape index (κ3) is 3.34. The van der Waals surface area contributed by atoms with Crippen LogP contribution >= 0.6 is 0 Å². The van der Waals surface area contributed by atoms with E-state index in [1.54, 1.807) is 0 Å². The number of benzene rings is 1. The zero-order valence-electron chi connectivity index (χ0n) is 12.3. The Hall–Kier alpha value is -2.82. The van der Waals surface area contributed by atoms with E-state index >= 15 is 0 Å². The number of carbonyl (C=O) groups excluding carboxylic acids is 1. The van der Waals surface area contributed by atoms with Gasteiger partial charge < -0.3 is 9.42 Å². The highest BCUT2D eigenvalue weighted by atomic mass is 19.4. The van der Waals surface area contributed by atoms with E-state index in [1.807, 2.05) is 6.07 Å². The van der Waals surface area contributed by atoms with E-state index < -0.39 is 23.7 Å². The van der Waals surface area contributed by atoms with E-state index in [-0.39, 0.29) is 17.0 Å². The molecule has 0 saturated heterocycles. The van der Waals surface area contributed by atoms with Crippen LogP contribution < -0.4 is 0 Å². The molecule has 0 spiro atoms. The van der Waals surface area contributed by atoms with Gasteiger partial charge in [-0.25, -0.2) is 0 Å². The van der Waals surface area contributed by atoms with Gasteiger partial charge in [-0.15, -0.1) is 0 Å². The Morgan fingerprint density at radius 3 is 2.65 bits per heavy atom. The fourth-order valence-electron chi connectivity index (χ4n) is 1.89. The molecule has 1 atom stereocenters. The molecule has 0 N–H and O–H groups in total. The number of nitrogens with zero attached hydrogens (tertiary/aromatic N) is 3. The number of aromatic nitrogens is 1. The molecule has 23 heavy (non-hydrogen) atoms. The summed E-state index contributed by atoms with van der Waals surface area (Å²) in [6.45, 7) is 1.51. The van der Waals surface area contributed by atoms with Crippen molar-refractivity contribution in [3.63, 3.8) is 0 Å². The molecule has 1 aromatic carbocycles. The predicted molar refractivity (Wildman–Crippen MR) is 74.1 cm³/mol. The maximum absolute atomic E-state index is 13.0. The normalized spacial score (nSPS) is 12.5. The Labute approximate surface area is 129 Å². The Morgan fingerprint density at radius 2 is 2.04 bits per heavy atom. The Kier molecular flexibility index (Phi) is 4.40. The fourth-order valence-corrected chi connectivity index (χ4v) is 1.89. The summed E-state index contributed by atoms with van der Waals surface area (Å²) < 4.78 is 43.9. The second kappa shape index (κ2) is 6.12. The van der Waals surface area contributed by atoms with Crippen LogP contribution in [-0.4, -0.2) is 29.1 Å². The van der Waals surface area contributed by atoms with Gasteiger partial charge in [-0.1, -0.05) is 23.4 Å². The van der Waals surface area contributed by atoms with Crippen molar-refractivity contribution < 1.29 is 22.5 Å². The Morgan fingerprint density at radius 1 is 1.39 bits per heavy atom. The Bertz CT molecular complexity index is 762. The van der Waals surface area contributed by atoms with E-state index in [0.29, 0.717) is 0 Å². The molecule has 1 amide bonds. The summed E-state index contributed by atoms with van der Waals surface area (Å²) in [6, 6.07) is 7.15. The molecule has 0 fully saturated rings. The molecule has 0 saturated carbocycles. The van der Waals surface area contributed by atoms with Crippen LogP contribution in [0.3, 0.4) is 0 Å². The van der Waals surface area contributed by atoms with Crippen LogP contribution in [-0.2, 0) is 6.18 Å². The molecular formula is C15H12F3N3O2. The first-order valence-electron chi connectivity index (χ1n) is 6.55. The second-order valence-corrected chi connectivity index (χ2v) is 4.84. The number of nitriles is 1. The maximum Gasteiger partial charge on any atom is 0.417 e. The standard InChI is InChI=1S/C15H12F3N3O2/c1-9(8-19)21(2)14(22)12-7-13(23-20-12)10-5-3-4-6-11(10)15(16,17)18/h3-7,9H,1-2H3/t9-/m1/s1. The quantitative estimate of drug-likeness (QED) is 0.868. The Balaban J connectivity index is 2.38. The molecule has 0 bridgehead atoms. The molecule has 0 unspecified atom stereocenters. The molecule has 1 aromatic heterocycles. The molecule has 0 aliphatic rings. The lowest BCUT2D eigenvalue weighted by Crippen LogP contribution is -2.34. The lowest BCUT2D eigenvalue weighted by Gasteiger charge is -2.17. The van der Waals surface area contributed by atoms with Crippen LogP contribution in [0.1, 0.15) is 23.0 Å². The van der Waals surface area contributed by atoms with Crippen LogP contribution in [0, 0.1) is 11.3 Å². The van der Waals surface area contributed by atoms with Crippen LogP contribution in [0.4, 0.5) is 13.2 Å². The van der Waals surface area contributed by atoms with Gasteiger partial charge in [0.1, 0.15) is 6.04 Å². The van der Waals surface area contributed by atoms with Crippen molar-refractivity contribution >= 4 is 5.91 Å². The van der Waals surface area contributed by atoms with Crippen molar-refractivity contribution in [1.82, 2.24) is 10.1 Å². The summed E-state index contributed by atoms with van der Waals surface area (Å²) in [5.74, 6) is -0.780. The minimum absolute atomic E-state index is 0.165. The monoisotopic (exact) mass is 323 g/mol. The lowest BCUT2D eigenvalue weighted by molar-refractivity contribution is -0.137. The van der Waals surface area contributed by atoms with Gasteiger partial charge in [0, 0.05) is 18.7 Å². The fraction of sp³-hybridized carbons (Fsp3) is 0.267. The van der Waals surface area contributed by atoms with E-state index in [2.05, 4.69) is 5.16 Å². The van der Waals surface area contributed by atoms with Gasteiger partial charge in [0.2, 0.25) is 0 Å². The number of rotatable bonds is 3. The summed E-state index contributed by atoms with van der Waals surface area (Å²) in [7, 11) is 1.40. The summed E-state index contributed by atoms with van der Waals surface area (Å²) in [5.41, 5.74) is -1.25. The molecule has 1 heterocycles. The number of hydrogen-bond donors (Lipinski definition) is 0. The van der Waals surface area contributed by atoms with Crippen molar-refractivity contribution in [2.75, 3.05) is 7.05 Å². The summed E-state index contributed by atoms with van der Waals surface area (Å²) in [5, 5.41) is 12.3. The van der Waals surface area contributed by atoms with Gasteiger partial charge in [0.15, 0.2) is 11.5 Å². The molecule has 2 aromatic rings. The van der Waals surface area contributed by atoms with E-state index in [1.165, 1.54) is 32.2 Å². The average Bonchev–Trinajstić information content (AvgIpc) is 3.01. The van der Waals surface area contributed by atoms with Crippen molar-refractivity contribution in [2.45, 2.75) is 19.1 Å². The van der Waals surface area contributed by atoms with Gasteiger partial charge in [0.05, 0.1) is 11.6 Å². The van der Waals surface area contributed by atoms with Crippen molar-refractivity contribution in [2.24, 2.45) is 0 Å². The highest BCUT2D eigenvalue weighted by molar-refractivity contribution is 5.93. The third-order valence-electron chi connectivity index (χ3n) is 3.32. The highest BCUT2D eigenvalue weighted by Gasteiger charge is 2.34. The van der Waals surface area contributed by atoms with E-state index in [0.717, 1.165) is 17.0 Å². The largest absolute Gasteiger partial charge is 0.417 e. The van der Waals surface area contributed by atoms with Crippen LogP contribution in [0.5, 0.6) is 0 Å². The number of carbonyl (C=O) groups is 1. The molecule has 0 radical (unpaired) electrons. The van der Waals surface area contributed by atoms with Crippen molar-refractivity contribution in [3.05, 3.63) is 41.6 Å². The molecule has 120 valence electrons. The number of alkyl halides is 3. The molecule has 0 aliphatic carbocycles. The molecule has 5 nitrogen and oxygen atoms in total. The number of amides is 1. The van der Waals surface area contributed by atoms with Gasteiger partial charge in [0.25, 0.3) is 5.91 Å². The second-order valence-electron chi connectivity index (χ2n) is 4.84. The minimum Gasteiger partial charge on any atom is -0.355 e. The lowest BCUT2D eigenvalue weighted by atomic mass is 10.0. The molecule has 8 heteroatoms. The smallest absolute Gasteiger partial charge is 0.355 e. The summed E-state index contributed by atoms with van der Waals surface area (Å²) >= 11 is 0. The number of halogens is 3. The average molecular weight is 323 g/mol. The highest BCUT2D eigenvalue weighted by Crippen LogP contribution is 2.37. The maximum atomic E-state index is 13.0. The van der Waals surface area contributed by atoms with Crippen LogP contribution in [0.2, 0.25) is 0 Å².